The molecule has 1 aromatic rings. The van der Waals surface area contributed by atoms with Gasteiger partial charge in [0.1, 0.15) is 0 Å². The minimum atomic E-state index is 0.472. The Kier molecular flexibility index (Phi) is 6.22. The highest BCUT2D eigenvalue weighted by Crippen LogP contribution is 2.08. The van der Waals surface area contributed by atoms with Crippen LogP contribution in [-0.2, 0) is 24.6 Å². The van der Waals surface area contributed by atoms with Crippen molar-refractivity contribution in [3.05, 3.63) is 17.5 Å². The second-order valence-electron chi connectivity index (χ2n) is 4.34. The summed E-state index contributed by atoms with van der Waals surface area (Å²) in [5, 5.41) is 7.98. The fourth-order valence-electron chi connectivity index (χ4n) is 2.01. The van der Waals surface area contributed by atoms with Gasteiger partial charge in [-0.25, -0.2) is 0 Å². The van der Waals surface area contributed by atoms with Gasteiger partial charge in [-0.1, -0.05) is 13.8 Å². The molecule has 0 radical (unpaired) electrons. The van der Waals surface area contributed by atoms with Gasteiger partial charge in [0.2, 0.25) is 0 Å². The van der Waals surface area contributed by atoms with Crippen molar-refractivity contribution in [2.75, 3.05) is 20.3 Å². The molecule has 0 aliphatic heterocycles. The van der Waals surface area contributed by atoms with Gasteiger partial charge in [0.15, 0.2) is 0 Å². The van der Waals surface area contributed by atoms with E-state index in [1.54, 1.807) is 7.11 Å². The van der Waals surface area contributed by atoms with Crippen molar-refractivity contribution in [2.45, 2.75) is 39.2 Å². The first-order valence-electron chi connectivity index (χ1n) is 6.45. The Labute approximate surface area is 104 Å². The quantitative estimate of drug-likeness (QED) is 0.748. The number of likely N-dealkylation sites (N-methyl/N-ethyl adjacent to an activating group) is 1. The van der Waals surface area contributed by atoms with Crippen LogP contribution in [0.25, 0.3) is 0 Å². The summed E-state index contributed by atoms with van der Waals surface area (Å²) in [5.74, 6) is 0. The van der Waals surface area contributed by atoms with Crippen molar-refractivity contribution < 1.29 is 4.74 Å². The maximum Gasteiger partial charge on any atom is 0.0624 e. The lowest BCUT2D eigenvalue weighted by atomic mass is 10.1. The highest BCUT2D eigenvalue weighted by atomic mass is 16.5. The number of aryl methyl sites for hydroxylation is 2. The summed E-state index contributed by atoms with van der Waals surface area (Å²) in [6, 6.07) is 2.68. The number of nitrogens with one attached hydrogen (secondary N) is 1. The maximum absolute atomic E-state index is 5.15. The zero-order valence-electron chi connectivity index (χ0n) is 11.5. The molecule has 0 saturated heterocycles. The minimum Gasteiger partial charge on any atom is -0.385 e. The van der Waals surface area contributed by atoms with Gasteiger partial charge in [-0.15, -0.1) is 0 Å². The van der Waals surface area contributed by atoms with Gasteiger partial charge in [0.05, 0.1) is 5.69 Å². The Morgan fingerprint density at radius 2 is 2.24 bits per heavy atom. The van der Waals surface area contributed by atoms with Crippen LogP contribution in [0.3, 0.4) is 0 Å². The largest absolute Gasteiger partial charge is 0.385 e. The minimum absolute atomic E-state index is 0.472. The lowest BCUT2D eigenvalue weighted by Gasteiger charge is -2.17. The van der Waals surface area contributed by atoms with Crippen LogP contribution < -0.4 is 5.32 Å². The number of hydrogen-bond acceptors (Lipinski definition) is 3. The average molecular weight is 239 g/mol. The summed E-state index contributed by atoms with van der Waals surface area (Å²) >= 11 is 0. The fraction of sp³-hybridized carbons (Fsp3) is 0.769. The van der Waals surface area contributed by atoms with E-state index in [0.717, 1.165) is 32.4 Å². The van der Waals surface area contributed by atoms with Crippen LogP contribution in [-0.4, -0.2) is 36.1 Å². The van der Waals surface area contributed by atoms with Crippen LogP contribution in [0.4, 0.5) is 0 Å². The molecule has 0 spiro atoms. The Balaban J connectivity index is 2.60. The van der Waals surface area contributed by atoms with Crippen LogP contribution >= 0.6 is 0 Å². The zero-order chi connectivity index (χ0) is 12.7. The van der Waals surface area contributed by atoms with Gasteiger partial charge < -0.3 is 10.1 Å². The van der Waals surface area contributed by atoms with Gasteiger partial charge in [-0.2, -0.15) is 5.10 Å². The van der Waals surface area contributed by atoms with Crippen molar-refractivity contribution in [3.8, 4) is 0 Å². The normalized spacial score (nSPS) is 12.9. The standard InChI is InChI=1S/C13H25N3O/c1-5-11-9-13(16(3)15-11)10-12(14-6-2)7-8-17-4/h9,12,14H,5-8,10H2,1-4H3. The first kappa shape index (κ1) is 14.2. The van der Waals surface area contributed by atoms with E-state index in [4.69, 9.17) is 4.74 Å². The number of methoxy groups -OCH3 is 1. The maximum atomic E-state index is 5.15. The Bertz CT molecular complexity index is 322. The Morgan fingerprint density at radius 1 is 1.47 bits per heavy atom. The molecule has 0 aromatic carbocycles. The van der Waals surface area contributed by atoms with Crippen LogP contribution in [0.15, 0.2) is 6.07 Å². The molecule has 0 amide bonds. The molecule has 4 nitrogen and oxygen atoms in total. The molecule has 98 valence electrons. The van der Waals surface area contributed by atoms with Gasteiger partial charge >= 0.3 is 0 Å². The molecule has 4 heteroatoms. The van der Waals surface area contributed by atoms with Crippen molar-refractivity contribution in [2.24, 2.45) is 7.05 Å². The molecule has 0 fully saturated rings. The summed E-state index contributed by atoms with van der Waals surface area (Å²) in [5.41, 5.74) is 2.47. The first-order valence-corrected chi connectivity index (χ1v) is 6.45. The highest BCUT2D eigenvalue weighted by Gasteiger charge is 2.12. The average Bonchev–Trinajstić information content (AvgIpc) is 2.67. The molecule has 0 aliphatic carbocycles. The second kappa shape index (κ2) is 7.45. The molecule has 0 saturated carbocycles. The molecule has 1 N–H and O–H groups in total. The van der Waals surface area contributed by atoms with E-state index in [2.05, 4.69) is 30.3 Å². The highest BCUT2D eigenvalue weighted by molar-refractivity contribution is 5.11. The van der Waals surface area contributed by atoms with Gasteiger partial charge in [-0.3, -0.25) is 4.68 Å². The Morgan fingerprint density at radius 3 is 2.76 bits per heavy atom. The van der Waals surface area contributed by atoms with Crippen LogP contribution in [0, 0.1) is 0 Å². The monoisotopic (exact) mass is 239 g/mol. The topological polar surface area (TPSA) is 39.1 Å². The number of rotatable bonds is 8. The lowest BCUT2D eigenvalue weighted by molar-refractivity contribution is 0.182. The van der Waals surface area contributed by atoms with E-state index in [1.807, 2.05) is 11.7 Å². The van der Waals surface area contributed by atoms with Crippen molar-refractivity contribution in [3.63, 3.8) is 0 Å². The molecule has 0 bridgehead atoms. The van der Waals surface area contributed by atoms with Crippen LogP contribution in [0.5, 0.6) is 0 Å². The molecule has 17 heavy (non-hydrogen) atoms. The van der Waals surface area contributed by atoms with E-state index in [1.165, 1.54) is 11.4 Å². The summed E-state index contributed by atoms with van der Waals surface area (Å²) in [7, 11) is 3.77. The number of ether oxygens (including phenoxy) is 1. The zero-order valence-corrected chi connectivity index (χ0v) is 11.5. The second-order valence-corrected chi connectivity index (χ2v) is 4.34. The predicted octanol–water partition coefficient (Wildman–Crippen LogP) is 1.54. The number of aromatic nitrogens is 2. The van der Waals surface area contributed by atoms with E-state index >= 15 is 0 Å². The number of nitrogens with zero attached hydrogens (tertiary/aromatic N) is 2. The first-order chi connectivity index (χ1) is 8.21. The van der Waals surface area contributed by atoms with Crippen LogP contribution in [0.1, 0.15) is 31.7 Å². The fourth-order valence-corrected chi connectivity index (χ4v) is 2.01. The molecule has 1 aromatic heterocycles. The van der Waals surface area contributed by atoms with E-state index in [9.17, 15) is 0 Å². The third-order valence-electron chi connectivity index (χ3n) is 3.01. The van der Waals surface area contributed by atoms with E-state index in [0.29, 0.717) is 6.04 Å². The third-order valence-corrected chi connectivity index (χ3v) is 3.01. The van der Waals surface area contributed by atoms with E-state index in [-0.39, 0.29) is 0 Å². The van der Waals surface area contributed by atoms with Crippen molar-refractivity contribution in [1.82, 2.24) is 15.1 Å². The Hall–Kier alpha value is -0.870. The molecular formula is C13H25N3O. The van der Waals surface area contributed by atoms with E-state index < -0.39 is 0 Å². The number of hydrogen-bond donors (Lipinski definition) is 1. The molecule has 1 unspecified atom stereocenters. The SMILES string of the molecule is CCNC(CCOC)Cc1cc(CC)nn1C. The third kappa shape index (κ3) is 4.48. The molecule has 1 atom stereocenters. The smallest absolute Gasteiger partial charge is 0.0624 e. The van der Waals surface area contributed by atoms with Gasteiger partial charge in [0.25, 0.3) is 0 Å². The van der Waals surface area contributed by atoms with Gasteiger partial charge in [-0.05, 0) is 25.5 Å². The molecule has 0 aliphatic rings. The summed E-state index contributed by atoms with van der Waals surface area (Å²) in [6.45, 7) is 6.07. The predicted molar refractivity (Wildman–Crippen MR) is 70.2 cm³/mol. The summed E-state index contributed by atoms with van der Waals surface area (Å²) in [4.78, 5) is 0. The summed E-state index contributed by atoms with van der Waals surface area (Å²) in [6.07, 6.45) is 3.05. The molecular weight excluding hydrogens is 214 g/mol. The molecule has 1 heterocycles. The van der Waals surface area contributed by atoms with Crippen molar-refractivity contribution in [1.29, 1.82) is 0 Å². The summed E-state index contributed by atoms with van der Waals surface area (Å²) < 4.78 is 7.15. The van der Waals surface area contributed by atoms with Gasteiger partial charge in [0, 0.05) is 38.9 Å². The molecule has 1 rings (SSSR count). The van der Waals surface area contributed by atoms with Crippen molar-refractivity contribution >= 4 is 0 Å². The van der Waals surface area contributed by atoms with Crippen LogP contribution in [0.2, 0.25) is 0 Å². The lowest BCUT2D eigenvalue weighted by Crippen LogP contribution is -2.32.